The smallest absolute Gasteiger partial charge is 0.137 e. The third-order valence-electron chi connectivity index (χ3n) is 4.65. The molecule has 0 saturated carbocycles. The summed E-state index contributed by atoms with van der Waals surface area (Å²) in [4.78, 5) is 4.93. The maximum atomic E-state index is 6.13. The number of methoxy groups -OCH3 is 2. The molecule has 5 rings (SSSR count). The third kappa shape index (κ3) is 1.97. The van der Waals surface area contributed by atoms with Gasteiger partial charge in [-0.3, -0.25) is 0 Å². The van der Waals surface area contributed by atoms with Crippen molar-refractivity contribution >= 4 is 21.7 Å². The van der Waals surface area contributed by atoms with Gasteiger partial charge >= 0.3 is 0 Å². The molecule has 1 aliphatic heterocycles. The van der Waals surface area contributed by atoms with E-state index in [9.17, 15) is 0 Å². The Labute approximate surface area is 144 Å². The number of hydrogen-bond acceptors (Lipinski definition) is 4. The van der Waals surface area contributed by atoms with Crippen molar-refractivity contribution in [3.8, 4) is 34.3 Å². The van der Waals surface area contributed by atoms with Crippen molar-refractivity contribution in [1.82, 2.24) is 4.98 Å². The van der Waals surface area contributed by atoms with Gasteiger partial charge in [0.25, 0.3) is 0 Å². The number of hydrogen-bond donors (Lipinski definition) is 0. The van der Waals surface area contributed by atoms with Crippen LogP contribution in [0.25, 0.3) is 32.9 Å². The second-order valence-electron chi connectivity index (χ2n) is 5.99. The van der Waals surface area contributed by atoms with Gasteiger partial charge in [0.2, 0.25) is 0 Å². The quantitative estimate of drug-likeness (QED) is 0.419. The molecule has 25 heavy (non-hydrogen) atoms. The SMILES string of the molecule is COc1ccc2c(c1)-c1nc3ccc(OC)cc3c3cccc(c13)O2. The summed E-state index contributed by atoms with van der Waals surface area (Å²) in [5.41, 5.74) is 2.79. The Hall–Kier alpha value is -3.27. The molecule has 0 spiro atoms. The second-order valence-corrected chi connectivity index (χ2v) is 5.99. The van der Waals surface area contributed by atoms with Gasteiger partial charge in [0, 0.05) is 10.9 Å². The number of benzene rings is 3. The molecule has 3 aromatic carbocycles. The van der Waals surface area contributed by atoms with E-state index in [1.54, 1.807) is 14.2 Å². The maximum absolute atomic E-state index is 6.13. The van der Waals surface area contributed by atoms with E-state index >= 15 is 0 Å². The number of ether oxygens (including phenoxy) is 3. The Morgan fingerprint density at radius 3 is 2.44 bits per heavy atom. The standard InChI is InChI=1S/C21H15NO3/c1-23-12-6-8-17-15(10-12)14-4-3-5-19-20(14)21(22-17)16-11-13(24-2)7-9-18(16)25-19/h3-11H,1-2H3. The lowest BCUT2D eigenvalue weighted by atomic mass is 9.96. The van der Waals surface area contributed by atoms with E-state index in [1.165, 1.54) is 0 Å². The molecule has 0 atom stereocenters. The van der Waals surface area contributed by atoms with E-state index in [4.69, 9.17) is 19.2 Å². The van der Waals surface area contributed by atoms with Crippen molar-refractivity contribution in [2.24, 2.45) is 0 Å². The Kier molecular flexibility index (Phi) is 2.88. The van der Waals surface area contributed by atoms with E-state index in [0.717, 1.165) is 55.9 Å². The van der Waals surface area contributed by atoms with Crippen LogP contribution in [0.5, 0.6) is 23.0 Å². The fourth-order valence-electron chi connectivity index (χ4n) is 3.44. The largest absolute Gasteiger partial charge is 0.497 e. The van der Waals surface area contributed by atoms with Crippen molar-refractivity contribution in [2.75, 3.05) is 14.2 Å². The molecule has 0 unspecified atom stereocenters. The van der Waals surface area contributed by atoms with E-state index in [2.05, 4.69) is 6.07 Å². The van der Waals surface area contributed by atoms with Gasteiger partial charge in [0.15, 0.2) is 0 Å². The van der Waals surface area contributed by atoms with Crippen LogP contribution >= 0.6 is 0 Å². The molecule has 0 radical (unpaired) electrons. The molecule has 4 heteroatoms. The van der Waals surface area contributed by atoms with Crippen molar-refractivity contribution in [3.63, 3.8) is 0 Å². The first-order chi connectivity index (χ1) is 12.3. The first-order valence-corrected chi connectivity index (χ1v) is 8.05. The molecule has 0 fully saturated rings. The van der Waals surface area contributed by atoms with Gasteiger partial charge in [0.05, 0.1) is 30.8 Å². The number of aromatic nitrogens is 1. The highest BCUT2D eigenvalue weighted by Crippen LogP contribution is 2.48. The molecular formula is C21H15NO3. The fraction of sp³-hybridized carbons (Fsp3) is 0.0952. The topological polar surface area (TPSA) is 40.6 Å². The molecule has 0 N–H and O–H groups in total. The Bertz CT molecular complexity index is 1150. The van der Waals surface area contributed by atoms with Gasteiger partial charge in [-0.1, -0.05) is 12.1 Å². The van der Waals surface area contributed by atoms with Crippen LogP contribution in [0, 0.1) is 0 Å². The number of nitrogens with zero attached hydrogens (tertiary/aromatic N) is 1. The number of pyridine rings is 1. The summed E-state index contributed by atoms with van der Waals surface area (Å²) in [7, 11) is 3.33. The van der Waals surface area contributed by atoms with Gasteiger partial charge < -0.3 is 14.2 Å². The summed E-state index contributed by atoms with van der Waals surface area (Å²) in [6.07, 6.45) is 0. The minimum Gasteiger partial charge on any atom is -0.497 e. The Balaban J connectivity index is 1.93. The molecule has 0 aliphatic carbocycles. The zero-order valence-corrected chi connectivity index (χ0v) is 13.9. The lowest BCUT2D eigenvalue weighted by molar-refractivity contribution is 0.413. The molecule has 4 nitrogen and oxygen atoms in total. The van der Waals surface area contributed by atoms with Crippen LogP contribution in [0.1, 0.15) is 0 Å². The van der Waals surface area contributed by atoms with Crippen molar-refractivity contribution in [2.45, 2.75) is 0 Å². The first kappa shape index (κ1) is 14.1. The summed E-state index contributed by atoms with van der Waals surface area (Å²) < 4.78 is 16.9. The molecule has 122 valence electrons. The maximum Gasteiger partial charge on any atom is 0.137 e. The Morgan fingerprint density at radius 2 is 1.60 bits per heavy atom. The average molecular weight is 329 g/mol. The molecule has 4 aromatic rings. The summed E-state index contributed by atoms with van der Waals surface area (Å²) >= 11 is 0. The summed E-state index contributed by atoms with van der Waals surface area (Å²) in [5, 5.41) is 3.17. The molecule has 0 amide bonds. The minimum absolute atomic E-state index is 0.784. The summed E-state index contributed by atoms with van der Waals surface area (Å²) in [6.45, 7) is 0. The Morgan fingerprint density at radius 1 is 0.800 bits per heavy atom. The molecule has 0 bridgehead atoms. The lowest BCUT2D eigenvalue weighted by Gasteiger charge is -2.22. The van der Waals surface area contributed by atoms with Gasteiger partial charge in [-0.15, -0.1) is 0 Å². The van der Waals surface area contributed by atoms with E-state index < -0.39 is 0 Å². The fourth-order valence-corrected chi connectivity index (χ4v) is 3.44. The van der Waals surface area contributed by atoms with Gasteiger partial charge in [-0.25, -0.2) is 4.98 Å². The third-order valence-corrected chi connectivity index (χ3v) is 4.65. The average Bonchev–Trinajstić information content (AvgIpc) is 2.67. The monoisotopic (exact) mass is 329 g/mol. The van der Waals surface area contributed by atoms with Crippen molar-refractivity contribution < 1.29 is 14.2 Å². The van der Waals surface area contributed by atoms with Crippen molar-refractivity contribution in [1.29, 1.82) is 0 Å². The van der Waals surface area contributed by atoms with Crippen LogP contribution in [-0.2, 0) is 0 Å². The molecule has 1 aromatic heterocycles. The van der Waals surface area contributed by atoms with E-state index in [1.807, 2.05) is 48.5 Å². The van der Waals surface area contributed by atoms with Crippen LogP contribution in [0.15, 0.2) is 54.6 Å². The highest BCUT2D eigenvalue weighted by Gasteiger charge is 2.23. The van der Waals surface area contributed by atoms with E-state index in [0.29, 0.717) is 0 Å². The predicted octanol–water partition coefficient (Wildman–Crippen LogP) is 5.18. The van der Waals surface area contributed by atoms with E-state index in [-0.39, 0.29) is 0 Å². The van der Waals surface area contributed by atoms with Gasteiger partial charge in [-0.2, -0.15) is 0 Å². The second kappa shape index (κ2) is 5.11. The van der Waals surface area contributed by atoms with Gasteiger partial charge in [-0.05, 0) is 47.9 Å². The summed E-state index contributed by atoms with van der Waals surface area (Å²) in [6, 6.07) is 17.8. The molecule has 0 saturated heterocycles. The highest BCUT2D eigenvalue weighted by atomic mass is 16.5. The van der Waals surface area contributed by atoms with Crippen LogP contribution in [0.4, 0.5) is 0 Å². The predicted molar refractivity (Wildman–Crippen MR) is 97.9 cm³/mol. The summed E-state index contributed by atoms with van der Waals surface area (Å²) in [5.74, 6) is 3.21. The molecule has 2 heterocycles. The van der Waals surface area contributed by atoms with Crippen LogP contribution < -0.4 is 14.2 Å². The highest BCUT2D eigenvalue weighted by molar-refractivity contribution is 6.14. The van der Waals surface area contributed by atoms with Gasteiger partial charge in [0.1, 0.15) is 23.0 Å². The lowest BCUT2D eigenvalue weighted by Crippen LogP contribution is -2.00. The zero-order chi connectivity index (χ0) is 17.0. The minimum atomic E-state index is 0.784. The molecule has 1 aliphatic rings. The van der Waals surface area contributed by atoms with Crippen LogP contribution in [0.2, 0.25) is 0 Å². The molecular weight excluding hydrogens is 314 g/mol. The zero-order valence-electron chi connectivity index (χ0n) is 13.9. The van der Waals surface area contributed by atoms with Crippen LogP contribution in [0.3, 0.4) is 0 Å². The first-order valence-electron chi connectivity index (χ1n) is 8.05. The normalized spacial score (nSPS) is 11.9. The number of rotatable bonds is 2. The van der Waals surface area contributed by atoms with Crippen molar-refractivity contribution in [3.05, 3.63) is 54.6 Å². The number of fused-ring (bicyclic) bond motifs is 4. The van der Waals surface area contributed by atoms with Crippen LogP contribution in [-0.4, -0.2) is 19.2 Å².